The van der Waals surface area contributed by atoms with Crippen LogP contribution in [0.1, 0.15) is 28.8 Å². The van der Waals surface area contributed by atoms with Crippen LogP contribution in [0, 0.1) is 17.0 Å². The molecule has 0 spiro atoms. The second-order valence-corrected chi connectivity index (χ2v) is 8.17. The van der Waals surface area contributed by atoms with E-state index in [9.17, 15) is 14.9 Å². The molecule has 1 amide bonds. The van der Waals surface area contributed by atoms with E-state index < -0.39 is 4.92 Å². The molecule has 1 fully saturated rings. The van der Waals surface area contributed by atoms with Gasteiger partial charge in [0.1, 0.15) is 11.9 Å². The number of nitro groups is 1. The highest BCUT2D eigenvalue weighted by atomic mass is 32.1. The van der Waals surface area contributed by atoms with Crippen LogP contribution in [0.4, 0.5) is 5.69 Å². The van der Waals surface area contributed by atoms with Crippen LogP contribution in [0.3, 0.4) is 0 Å². The number of fused-ring (bicyclic) bond motifs is 1. The number of carbonyl (C=O) groups excluding carboxylic acids is 1. The molecule has 8 nitrogen and oxygen atoms in total. The van der Waals surface area contributed by atoms with Gasteiger partial charge in [0.05, 0.1) is 22.2 Å². The Bertz CT molecular complexity index is 1110. The number of hydrogen-bond acceptors (Lipinski definition) is 7. The van der Waals surface area contributed by atoms with Crippen LogP contribution in [-0.2, 0) is 0 Å². The highest BCUT2D eigenvalue weighted by Gasteiger charge is 2.26. The number of aryl methyl sites for hydroxylation is 1. The minimum absolute atomic E-state index is 0.0242. The summed E-state index contributed by atoms with van der Waals surface area (Å²) < 4.78 is 12.3. The lowest BCUT2D eigenvalue weighted by molar-refractivity contribution is -0.385. The average Bonchev–Trinajstić information content (AvgIpc) is 3.15. The normalized spacial score (nSPS) is 14.7. The second kappa shape index (κ2) is 8.27. The van der Waals surface area contributed by atoms with Gasteiger partial charge in [-0.25, -0.2) is 4.98 Å². The molecule has 0 aliphatic carbocycles. The van der Waals surface area contributed by atoms with Crippen LogP contribution >= 0.6 is 11.3 Å². The first-order valence-corrected chi connectivity index (χ1v) is 10.4. The SMILES string of the molecule is COc1ccc2sc(OC3CCN(C(=O)c4ccc(C)c([N+](=O)[O-])c4)CC3)nc2c1. The lowest BCUT2D eigenvalue weighted by atomic mass is 10.0. The van der Waals surface area contributed by atoms with Gasteiger partial charge in [0.2, 0.25) is 0 Å². The van der Waals surface area contributed by atoms with Gasteiger partial charge < -0.3 is 14.4 Å². The molecule has 2 heterocycles. The van der Waals surface area contributed by atoms with Crippen LogP contribution in [0.25, 0.3) is 10.2 Å². The van der Waals surface area contributed by atoms with Crippen molar-refractivity contribution in [3.05, 3.63) is 57.6 Å². The molecule has 1 aromatic heterocycles. The first-order chi connectivity index (χ1) is 14.4. The molecule has 0 radical (unpaired) electrons. The Labute approximate surface area is 177 Å². The fraction of sp³-hybridized carbons (Fsp3) is 0.333. The number of rotatable bonds is 5. The number of ether oxygens (including phenoxy) is 2. The van der Waals surface area contributed by atoms with Gasteiger partial charge in [0.25, 0.3) is 16.8 Å². The molecular formula is C21H21N3O5S. The lowest BCUT2D eigenvalue weighted by Gasteiger charge is -2.31. The Morgan fingerprint density at radius 3 is 2.70 bits per heavy atom. The summed E-state index contributed by atoms with van der Waals surface area (Å²) in [5, 5.41) is 11.8. The second-order valence-electron chi connectivity index (χ2n) is 7.18. The van der Waals surface area contributed by atoms with Gasteiger partial charge in [-0.15, -0.1) is 0 Å². The van der Waals surface area contributed by atoms with Crippen molar-refractivity contribution in [2.75, 3.05) is 20.2 Å². The predicted octanol–water partition coefficient (Wildman–Crippen LogP) is 4.21. The van der Waals surface area contributed by atoms with E-state index in [2.05, 4.69) is 4.98 Å². The molecule has 4 rings (SSSR count). The first kappa shape index (κ1) is 20.1. The van der Waals surface area contributed by atoms with Gasteiger partial charge in [-0.2, -0.15) is 0 Å². The zero-order valence-corrected chi connectivity index (χ0v) is 17.5. The van der Waals surface area contributed by atoms with E-state index in [4.69, 9.17) is 9.47 Å². The number of piperidine rings is 1. The number of likely N-dealkylation sites (tertiary alicyclic amines) is 1. The van der Waals surface area contributed by atoms with Crippen molar-refractivity contribution < 1.29 is 19.2 Å². The Balaban J connectivity index is 1.38. The van der Waals surface area contributed by atoms with E-state index in [0.717, 1.165) is 16.0 Å². The smallest absolute Gasteiger partial charge is 0.274 e. The number of benzene rings is 2. The third-order valence-electron chi connectivity index (χ3n) is 5.22. The fourth-order valence-corrected chi connectivity index (χ4v) is 4.37. The van der Waals surface area contributed by atoms with Crippen LogP contribution < -0.4 is 9.47 Å². The molecule has 0 unspecified atom stereocenters. The van der Waals surface area contributed by atoms with Crippen molar-refractivity contribution >= 4 is 33.1 Å². The molecule has 156 valence electrons. The van der Waals surface area contributed by atoms with E-state index in [0.29, 0.717) is 42.3 Å². The van der Waals surface area contributed by atoms with Crippen molar-refractivity contribution in [1.82, 2.24) is 9.88 Å². The fourth-order valence-electron chi connectivity index (χ4n) is 3.50. The maximum Gasteiger partial charge on any atom is 0.274 e. The largest absolute Gasteiger partial charge is 0.497 e. The molecule has 1 saturated heterocycles. The summed E-state index contributed by atoms with van der Waals surface area (Å²) in [4.78, 5) is 29.7. The highest BCUT2D eigenvalue weighted by Crippen LogP contribution is 2.32. The highest BCUT2D eigenvalue weighted by molar-refractivity contribution is 7.20. The zero-order valence-electron chi connectivity index (χ0n) is 16.7. The molecule has 2 aromatic carbocycles. The van der Waals surface area contributed by atoms with Crippen molar-refractivity contribution in [2.45, 2.75) is 25.9 Å². The third kappa shape index (κ3) is 4.06. The molecule has 0 bridgehead atoms. The minimum Gasteiger partial charge on any atom is -0.497 e. The maximum atomic E-state index is 12.8. The standard InChI is InChI=1S/C21H21N3O5S/c1-13-3-4-14(11-18(13)24(26)27)20(25)23-9-7-15(8-10-23)29-21-22-17-12-16(28-2)5-6-19(17)30-21/h3-6,11-12,15H,7-10H2,1-2H3. The average molecular weight is 427 g/mol. The summed E-state index contributed by atoms with van der Waals surface area (Å²) in [6.45, 7) is 2.72. The quantitative estimate of drug-likeness (QED) is 0.447. The van der Waals surface area contributed by atoms with E-state index in [1.54, 1.807) is 31.1 Å². The predicted molar refractivity (Wildman–Crippen MR) is 114 cm³/mol. The molecule has 1 aliphatic rings. The molecule has 0 N–H and O–H groups in total. The summed E-state index contributed by atoms with van der Waals surface area (Å²) in [7, 11) is 1.62. The molecule has 1 aliphatic heterocycles. The van der Waals surface area contributed by atoms with Gasteiger partial charge in [-0.05, 0) is 25.1 Å². The molecule has 30 heavy (non-hydrogen) atoms. The summed E-state index contributed by atoms with van der Waals surface area (Å²) in [6.07, 6.45) is 1.33. The molecule has 3 aromatic rings. The number of hydrogen-bond donors (Lipinski definition) is 0. The van der Waals surface area contributed by atoms with E-state index >= 15 is 0 Å². The molecule has 0 saturated carbocycles. The van der Waals surface area contributed by atoms with Crippen molar-refractivity contribution in [3.8, 4) is 10.9 Å². The minimum atomic E-state index is -0.459. The Kier molecular flexibility index (Phi) is 5.54. The van der Waals surface area contributed by atoms with Crippen LogP contribution in [0.5, 0.6) is 10.9 Å². The van der Waals surface area contributed by atoms with E-state index in [-0.39, 0.29) is 17.7 Å². The van der Waals surface area contributed by atoms with Gasteiger partial charge >= 0.3 is 0 Å². The lowest BCUT2D eigenvalue weighted by Crippen LogP contribution is -2.41. The Morgan fingerprint density at radius 2 is 2.00 bits per heavy atom. The Morgan fingerprint density at radius 1 is 1.23 bits per heavy atom. The van der Waals surface area contributed by atoms with Crippen LogP contribution in [-0.4, -0.2) is 47.0 Å². The summed E-state index contributed by atoms with van der Waals surface area (Å²) in [6, 6.07) is 10.3. The third-order valence-corrected chi connectivity index (χ3v) is 6.15. The number of nitro benzene ring substituents is 1. The van der Waals surface area contributed by atoms with Crippen LogP contribution in [0.15, 0.2) is 36.4 Å². The summed E-state index contributed by atoms with van der Waals surface area (Å²) >= 11 is 1.49. The topological polar surface area (TPSA) is 94.8 Å². The van der Waals surface area contributed by atoms with Gasteiger partial charge in [-0.3, -0.25) is 14.9 Å². The Hall–Kier alpha value is -3.20. The molecule has 0 atom stereocenters. The van der Waals surface area contributed by atoms with Crippen molar-refractivity contribution in [2.24, 2.45) is 0 Å². The van der Waals surface area contributed by atoms with E-state index in [1.807, 2.05) is 18.2 Å². The first-order valence-electron chi connectivity index (χ1n) is 9.60. The number of methoxy groups -OCH3 is 1. The van der Waals surface area contributed by atoms with Gasteiger partial charge in [-0.1, -0.05) is 17.4 Å². The molecule has 9 heteroatoms. The van der Waals surface area contributed by atoms with Crippen molar-refractivity contribution in [3.63, 3.8) is 0 Å². The number of thiazole rings is 1. The van der Waals surface area contributed by atoms with Crippen LogP contribution in [0.2, 0.25) is 0 Å². The molecular weight excluding hydrogens is 406 g/mol. The zero-order chi connectivity index (χ0) is 21.3. The number of aromatic nitrogens is 1. The number of amides is 1. The summed E-state index contributed by atoms with van der Waals surface area (Å²) in [5.74, 6) is 0.561. The van der Waals surface area contributed by atoms with E-state index in [1.165, 1.54) is 17.4 Å². The number of carbonyl (C=O) groups is 1. The number of nitrogens with zero attached hydrogens (tertiary/aromatic N) is 3. The monoisotopic (exact) mass is 427 g/mol. The van der Waals surface area contributed by atoms with Gasteiger partial charge in [0, 0.05) is 49.2 Å². The summed E-state index contributed by atoms with van der Waals surface area (Å²) in [5.41, 5.74) is 1.68. The van der Waals surface area contributed by atoms with Gasteiger partial charge in [0.15, 0.2) is 0 Å². The maximum absolute atomic E-state index is 12.8. The van der Waals surface area contributed by atoms with Crippen molar-refractivity contribution in [1.29, 1.82) is 0 Å².